The number of rotatable bonds is 4. The van der Waals surface area contributed by atoms with E-state index in [1.54, 1.807) is 11.3 Å². The molecule has 3 N–H and O–H groups in total. The number of thiophene rings is 1. The Morgan fingerprint density at radius 1 is 1.47 bits per heavy atom. The fraction of sp³-hybridized carbons (Fsp3) is 0.333. The molecular weight excluding hydrogens is 232 g/mol. The van der Waals surface area contributed by atoms with Gasteiger partial charge in [0.1, 0.15) is 5.82 Å². The molecule has 2 aromatic heterocycles. The standard InChI is InChI=1S/C12H16N4S/c1-8(5-10-3-4-17-7-10)14-11-6-9(2)15-12(13)16-11/h3-4,6-8H,5H2,1-2H3,(H3,13,14,15,16). The van der Waals surface area contributed by atoms with Crippen LogP contribution < -0.4 is 11.1 Å². The smallest absolute Gasteiger partial charge is 0.222 e. The average Bonchev–Trinajstić information content (AvgIpc) is 2.67. The monoisotopic (exact) mass is 248 g/mol. The van der Waals surface area contributed by atoms with E-state index in [-0.39, 0.29) is 0 Å². The van der Waals surface area contributed by atoms with Crippen molar-refractivity contribution in [1.29, 1.82) is 0 Å². The third-order valence-electron chi connectivity index (χ3n) is 2.39. The Morgan fingerprint density at radius 3 is 2.94 bits per heavy atom. The molecule has 17 heavy (non-hydrogen) atoms. The minimum absolute atomic E-state index is 0.315. The highest BCUT2D eigenvalue weighted by molar-refractivity contribution is 7.07. The normalized spacial score (nSPS) is 12.4. The summed E-state index contributed by atoms with van der Waals surface area (Å²) in [7, 11) is 0. The van der Waals surface area contributed by atoms with E-state index in [1.165, 1.54) is 5.56 Å². The summed E-state index contributed by atoms with van der Waals surface area (Å²) in [6, 6.07) is 4.36. The maximum absolute atomic E-state index is 5.61. The molecule has 0 aromatic carbocycles. The van der Waals surface area contributed by atoms with Crippen LogP contribution in [0, 0.1) is 6.92 Å². The van der Waals surface area contributed by atoms with Gasteiger partial charge in [0.15, 0.2) is 0 Å². The van der Waals surface area contributed by atoms with Gasteiger partial charge in [-0.1, -0.05) is 0 Å². The molecule has 5 heteroatoms. The minimum Gasteiger partial charge on any atom is -0.368 e. The van der Waals surface area contributed by atoms with E-state index in [0.29, 0.717) is 12.0 Å². The molecule has 2 aromatic rings. The Morgan fingerprint density at radius 2 is 2.29 bits per heavy atom. The van der Waals surface area contributed by atoms with Gasteiger partial charge in [0.25, 0.3) is 0 Å². The maximum Gasteiger partial charge on any atom is 0.222 e. The van der Waals surface area contributed by atoms with Gasteiger partial charge in [0, 0.05) is 17.8 Å². The third-order valence-corrected chi connectivity index (χ3v) is 3.12. The molecule has 0 aliphatic carbocycles. The van der Waals surface area contributed by atoms with Crippen LogP contribution in [-0.4, -0.2) is 16.0 Å². The fourth-order valence-electron chi connectivity index (χ4n) is 1.73. The van der Waals surface area contributed by atoms with Crippen LogP contribution in [0.2, 0.25) is 0 Å². The molecule has 0 saturated heterocycles. The van der Waals surface area contributed by atoms with Crippen LogP contribution in [0.15, 0.2) is 22.9 Å². The van der Waals surface area contributed by atoms with E-state index >= 15 is 0 Å². The second-order valence-electron chi connectivity index (χ2n) is 4.13. The van der Waals surface area contributed by atoms with Gasteiger partial charge in [-0.15, -0.1) is 0 Å². The molecule has 0 fully saturated rings. The van der Waals surface area contributed by atoms with E-state index in [1.807, 2.05) is 13.0 Å². The number of nitrogens with one attached hydrogen (secondary N) is 1. The molecule has 4 nitrogen and oxygen atoms in total. The van der Waals surface area contributed by atoms with Crippen molar-refractivity contribution in [2.75, 3.05) is 11.1 Å². The number of anilines is 2. The Labute approximate surface area is 105 Å². The Bertz CT molecular complexity index is 461. The van der Waals surface area contributed by atoms with Gasteiger partial charge in [-0.25, -0.2) is 4.98 Å². The number of hydrogen-bond acceptors (Lipinski definition) is 5. The molecule has 0 radical (unpaired) electrons. The molecule has 2 heterocycles. The van der Waals surface area contributed by atoms with Crippen LogP contribution in [0.1, 0.15) is 18.2 Å². The number of aromatic nitrogens is 2. The molecule has 1 unspecified atom stereocenters. The highest BCUT2D eigenvalue weighted by atomic mass is 32.1. The second kappa shape index (κ2) is 5.14. The van der Waals surface area contributed by atoms with Crippen molar-refractivity contribution in [2.45, 2.75) is 26.3 Å². The summed E-state index contributed by atoms with van der Waals surface area (Å²) in [5.41, 5.74) is 7.83. The van der Waals surface area contributed by atoms with Crippen molar-refractivity contribution < 1.29 is 0 Å². The van der Waals surface area contributed by atoms with Crippen molar-refractivity contribution >= 4 is 23.1 Å². The molecule has 0 amide bonds. The number of aryl methyl sites for hydroxylation is 1. The Kier molecular flexibility index (Phi) is 3.58. The summed E-state index contributed by atoms with van der Waals surface area (Å²) in [5, 5.41) is 7.59. The van der Waals surface area contributed by atoms with Crippen LogP contribution in [0.5, 0.6) is 0 Å². The lowest BCUT2D eigenvalue weighted by Gasteiger charge is -2.14. The van der Waals surface area contributed by atoms with Crippen LogP contribution >= 0.6 is 11.3 Å². The summed E-state index contributed by atoms with van der Waals surface area (Å²) in [6.45, 7) is 4.04. The first-order chi connectivity index (χ1) is 8.13. The number of nitrogens with zero attached hydrogens (tertiary/aromatic N) is 2. The third kappa shape index (κ3) is 3.42. The van der Waals surface area contributed by atoms with Crippen LogP contribution in [0.25, 0.3) is 0 Å². The number of nitrogen functional groups attached to an aromatic ring is 1. The van der Waals surface area contributed by atoms with E-state index in [4.69, 9.17) is 5.73 Å². The van der Waals surface area contributed by atoms with Gasteiger partial charge in [-0.3, -0.25) is 0 Å². The van der Waals surface area contributed by atoms with Crippen LogP contribution in [0.3, 0.4) is 0 Å². The van der Waals surface area contributed by atoms with E-state index in [2.05, 4.69) is 39.0 Å². The Balaban J connectivity index is 2.00. The number of nitrogens with two attached hydrogens (primary N) is 1. The van der Waals surface area contributed by atoms with Crippen LogP contribution in [0.4, 0.5) is 11.8 Å². The van der Waals surface area contributed by atoms with Crippen molar-refractivity contribution in [3.05, 3.63) is 34.2 Å². The predicted octanol–water partition coefficient (Wildman–Crippen LogP) is 2.47. The van der Waals surface area contributed by atoms with Crippen LogP contribution in [-0.2, 0) is 6.42 Å². The van der Waals surface area contributed by atoms with E-state index in [0.717, 1.165) is 17.9 Å². The quantitative estimate of drug-likeness (QED) is 0.872. The lowest BCUT2D eigenvalue weighted by Crippen LogP contribution is -2.19. The maximum atomic E-state index is 5.61. The summed E-state index contributed by atoms with van der Waals surface area (Å²) in [5.74, 6) is 1.10. The first-order valence-corrected chi connectivity index (χ1v) is 6.46. The van der Waals surface area contributed by atoms with Crippen molar-refractivity contribution in [2.24, 2.45) is 0 Å². The zero-order chi connectivity index (χ0) is 12.3. The van der Waals surface area contributed by atoms with Gasteiger partial charge in [-0.2, -0.15) is 16.3 Å². The topological polar surface area (TPSA) is 63.8 Å². The lowest BCUT2D eigenvalue weighted by atomic mass is 10.1. The zero-order valence-corrected chi connectivity index (χ0v) is 10.8. The summed E-state index contributed by atoms with van der Waals surface area (Å²) in [4.78, 5) is 8.21. The average molecular weight is 248 g/mol. The molecule has 1 atom stereocenters. The lowest BCUT2D eigenvalue weighted by molar-refractivity contribution is 0.786. The molecule has 0 spiro atoms. The van der Waals surface area contributed by atoms with Crippen molar-refractivity contribution in [3.8, 4) is 0 Å². The number of hydrogen-bond donors (Lipinski definition) is 2. The van der Waals surface area contributed by atoms with Gasteiger partial charge in [0.05, 0.1) is 0 Å². The van der Waals surface area contributed by atoms with E-state index < -0.39 is 0 Å². The summed E-state index contributed by atoms with van der Waals surface area (Å²) in [6.07, 6.45) is 0.979. The van der Waals surface area contributed by atoms with Gasteiger partial charge in [-0.05, 0) is 42.7 Å². The fourth-order valence-corrected chi connectivity index (χ4v) is 2.41. The molecule has 0 saturated carbocycles. The first-order valence-electron chi connectivity index (χ1n) is 5.52. The zero-order valence-electron chi connectivity index (χ0n) is 9.97. The SMILES string of the molecule is Cc1cc(NC(C)Cc2ccsc2)nc(N)n1. The molecule has 0 aliphatic heterocycles. The minimum atomic E-state index is 0.315. The predicted molar refractivity (Wildman–Crippen MR) is 72.3 cm³/mol. The largest absolute Gasteiger partial charge is 0.368 e. The summed E-state index contributed by atoms with van der Waals surface area (Å²) >= 11 is 1.72. The molecule has 0 aliphatic rings. The summed E-state index contributed by atoms with van der Waals surface area (Å²) < 4.78 is 0. The van der Waals surface area contributed by atoms with E-state index in [9.17, 15) is 0 Å². The van der Waals surface area contributed by atoms with Gasteiger partial charge in [0.2, 0.25) is 5.95 Å². The van der Waals surface area contributed by atoms with Gasteiger partial charge >= 0.3 is 0 Å². The van der Waals surface area contributed by atoms with Crippen molar-refractivity contribution in [1.82, 2.24) is 9.97 Å². The molecule has 90 valence electrons. The van der Waals surface area contributed by atoms with Crippen molar-refractivity contribution in [3.63, 3.8) is 0 Å². The second-order valence-corrected chi connectivity index (χ2v) is 4.91. The molecule has 0 bridgehead atoms. The molecule has 2 rings (SSSR count). The highest BCUT2D eigenvalue weighted by Crippen LogP contribution is 2.13. The first kappa shape index (κ1) is 11.9. The highest BCUT2D eigenvalue weighted by Gasteiger charge is 2.06. The Hall–Kier alpha value is -1.62. The van der Waals surface area contributed by atoms with Gasteiger partial charge < -0.3 is 11.1 Å². The molecular formula is C12H16N4S.